The van der Waals surface area contributed by atoms with E-state index in [4.69, 9.17) is 9.26 Å². The summed E-state index contributed by atoms with van der Waals surface area (Å²) in [6, 6.07) is 11.4. The molecule has 0 radical (unpaired) electrons. The van der Waals surface area contributed by atoms with Gasteiger partial charge in [-0.25, -0.2) is 0 Å². The smallest absolute Gasteiger partial charge is 0.309 e. The minimum Gasteiger partial charge on any atom is -0.469 e. The Morgan fingerprint density at radius 3 is 2.64 bits per heavy atom. The average Bonchev–Trinajstić information content (AvgIpc) is 2.99. The molecule has 0 unspecified atom stereocenters. The Bertz CT molecular complexity index is 699. The summed E-state index contributed by atoms with van der Waals surface area (Å²) in [5, 5.41) is 6.40. The molecule has 1 aromatic carbocycles. The van der Waals surface area contributed by atoms with Gasteiger partial charge in [-0.05, 0) is 12.5 Å². The van der Waals surface area contributed by atoms with Crippen molar-refractivity contribution in [2.75, 3.05) is 25.5 Å². The fourth-order valence-corrected chi connectivity index (χ4v) is 2.49. The average molecular weight is 345 g/mol. The third-order valence-electron chi connectivity index (χ3n) is 3.64. The third-order valence-corrected chi connectivity index (χ3v) is 3.64. The maximum absolute atomic E-state index is 12.3. The minimum atomic E-state index is -0.339. The first-order valence-corrected chi connectivity index (χ1v) is 8.05. The van der Waals surface area contributed by atoms with Crippen LogP contribution in [-0.2, 0) is 20.9 Å². The second-order valence-corrected chi connectivity index (χ2v) is 5.96. The van der Waals surface area contributed by atoms with Crippen LogP contribution in [0.5, 0.6) is 0 Å². The fourth-order valence-electron chi connectivity index (χ4n) is 2.49. The molecule has 0 aliphatic heterocycles. The number of aryl methyl sites for hydroxylation is 1. The fraction of sp³-hybridized carbons (Fsp3) is 0.389. The highest BCUT2D eigenvalue weighted by Crippen LogP contribution is 2.11. The Morgan fingerprint density at radius 1 is 1.32 bits per heavy atom. The molecule has 0 fully saturated rings. The molecule has 0 aliphatic rings. The number of ether oxygens (including phenoxy) is 1. The number of nitrogens with one attached hydrogen (secondary N) is 1. The van der Waals surface area contributed by atoms with Crippen molar-refractivity contribution in [3.05, 3.63) is 47.7 Å². The molecule has 2 aromatic rings. The van der Waals surface area contributed by atoms with Gasteiger partial charge in [0.25, 0.3) is 0 Å². The van der Waals surface area contributed by atoms with Gasteiger partial charge >= 0.3 is 5.97 Å². The van der Waals surface area contributed by atoms with Gasteiger partial charge < -0.3 is 9.26 Å². The normalized spacial score (nSPS) is 12.0. The highest BCUT2D eigenvalue weighted by atomic mass is 16.5. The van der Waals surface area contributed by atoms with Crippen LogP contribution in [0.15, 0.2) is 40.9 Å². The van der Waals surface area contributed by atoms with Crippen LogP contribution in [0.3, 0.4) is 0 Å². The zero-order chi connectivity index (χ0) is 18.2. The van der Waals surface area contributed by atoms with Gasteiger partial charge in [0, 0.05) is 19.2 Å². The second kappa shape index (κ2) is 8.98. The summed E-state index contributed by atoms with van der Waals surface area (Å²) in [6.07, 6.45) is 0. The number of methoxy groups -OCH3 is 1. The first-order valence-electron chi connectivity index (χ1n) is 8.05. The lowest BCUT2D eigenvalue weighted by Gasteiger charge is -2.24. The molecule has 7 nitrogen and oxygen atoms in total. The van der Waals surface area contributed by atoms with E-state index in [2.05, 4.69) is 10.5 Å². The minimum absolute atomic E-state index is 0.121. The van der Waals surface area contributed by atoms with Gasteiger partial charge in [0.2, 0.25) is 11.8 Å². The Morgan fingerprint density at radius 2 is 2.04 bits per heavy atom. The molecule has 0 saturated heterocycles. The number of hydrogen-bond acceptors (Lipinski definition) is 6. The second-order valence-electron chi connectivity index (χ2n) is 5.96. The lowest BCUT2D eigenvalue weighted by Crippen LogP contribution is -2.37. The first-order chi connectivity index (χ1) is 12.0. The monoisotopic (exact) mass is 345 g/mol. The van der Waals surface area contributed by atoms with Gasteiger partial charge in [-0.3, -0.25) is 19.8 Å². The summed E-state index contributed by atoms with van der Waals surface area (Å²) in [5.41, 5.74) is 1.75. The van der Waals surface area contributed by atoms with Crippen molar-refractivity contribution in [3.63, 3.8) is 0 Å². The van der Waals surface area contributed by atoms with Crippen LogP contribution >= 0.6 is 0 Å². The van der Waals surface area contributed by atoms with Crippen LogP contribution < -0.4 is 5.32 Å². The quantitative estimate of drug-likeness (QED) is 0.739. The molecule has 0 spiro atoms. The number of esters is 1. The Balaban J connectivity index is 2.01. The SMILES string of the molecule is COC(=O)[C@H](C)CN(CC(=O)Nc1cc(C)no1)Cc1ccccc1. The molecule has 7 heteroatoms. The predicted octanol–water partition coefficient (Wildman–Crippen LogP) is 2.23. The van der Waals surface area contributed by atoms with Crippen LogP contribution in [0.2, 0.25) is 0 Å². The largest absolute Gasteiger partial charge is 0.469 e. The third kappa shape index (κ3) is 6.04. The molecular weight excluding hydrogens is 322 g/mol. The van der Waals surface area contributed by atoms with Crippen LogP contribution in [-0.4, -0.2) is 42.1 Å². The van der Waals surface area contributed by atoms with Gasteiger partial charge in [0.05, 0.1) is 25.3 Å². The van der Waals surface area contributed by atoms with E-state index in [1.165, 1.54) is 7.11 Å². The van der Waals surface area contributed by atoms with Crippen molar-refractivity contribution in [3.8, 4) is 0 Å². The number of rotatable bonds is 8. The van der Waals surface area contributed by atoms with Crippen molar-refractivity contribution in [2.45, 2.75) is 20.4 Å². The van der Waals surface area contributed by atoms with Gasteiger partial charge in [-0.2, -0.15) is 0 Å². The lowest BCUT2D eigenvalue weighted by molar-refractivity contribution is -0.145. The zero-order valence-electron chi connectivity index (χ0n) is 14.7. The van der Waals surface area contributed by atoms with Crippen LogP contribution in [0, 0.1) is 12.8 Å². The molecule has 1 aromatic heterocycles. The number of aromatic nitrogens is 1. The van der Waals surface area contributed by atoms with Crippen molar-refractivity contribution in [1.82, 2.24) is 10.1 Å². The Labute approximate surface area is 146 Å². The van der Waals surface area contributed by atoms with Gasteiger partial charge in [-0.1, -0.05) is 42.4 Å². The van der Waals surface area contributed by atoms with Crippen molar-refractivity contribution < 1.29 is 18.8 Å². The molecule has 2 rings (SSSR count). The van der Waals surface area contributed by atoms with E-state index >= 15 is 0 Å². The van der Waals surface area contributed by atoms with E-state index in [0.717, 1.165) is 5.56 Å². The van der Waals surface area contributed by atoms with Crippen LogP contribution in [0.4, 0.5) is 5.88 Å². The number of hydrogen-bond donors (Lipinski definition) is 1. The summed E-state index contributed by atoms with van der Waals surface area (Å²) in [6.45, 7) is 4.63. The van der Waals surface area contributed by atoms with Crippen molar-refractivity contribution in [1.29, 1.82) is 0 Å². The standard InChI is InChI=1S/C18H23N3O4/c1-13(18(23)24-3)10-21(11-15-7-5-4-6-8-15)12-16(22)19-17-9-14(2)20-25-17/h4-9,13H,10-12H2,1-3H3,(H,19,22)/t13-/m1/s1. The van der Waals surface area contributed by atoms with E-state index in [9.17, 15) is 9.59 Å². The van der Waals surface area contributed by atoms with E-state index in [-0.39, 0.29) is 24.3 Å². The maximum Gasteiger partial charge on any atom is 0.309 e. The predicted molar refractivity (Wildman–Crippen MR) is 92.8 cm³/mol. The highest BCUT2D eigenvalue weighted by Gasteiger charge is 2.20. The van der Waals surface area contributed by atoms with Crippen LogP contribution in [0.25, 0.3) is 0 Å². The zero-order valence-corrected chi connectivity index (χ0v) is 14.7. The summed E-state index contributed by atoms with van der Waals surface area (Å²) >= 11 is 0. The van der Waals surface area contributed by atoms with Gasteiger partial charge in [0.1, 0.15) is 0 Å². The van der Waals surface area contributed by atoms with E-state index in [0.29, 0.717) is 24.7 Å². The molecular formula is C18H23N3O4. The summed E-state index contributed by atoms with van der Waals surface area (Å²) in [4.78, 5) is 25.9. The molecule has 0 aliphatic carbocycles. The van der Waals surface area contributed by atoms with Crippen LogP contribution in [0.1, 0.15) is 18.2 Å². The van der Waals surface area contributed by atoms with Crippen molar-refractivity contribution in [2.24, 2.45) is 5.92 Å². The number of anilines is 1. The molecule has 25 heavy (non-hydrogen) atoms. The number of amides is 1. The number of carbonyl (C=O) groups excluding carboxylic acids is 2. The molecule has 1 N–H and O–H groups in total. The maximum atomic E-state index is 12.3. The number of benzene rings is 1. The number of carbonyl (C=O) groups is 2. The highest BCUT2D eigenvalue weighted by molar-refractivity contribution is 5.91. The molecule has 1 heterocycles. The van der Waals surface area contributed by atoms with E-state index in [1.807, 2.05) is 35.2 Å². The van der Waals surface area contributed by atoms with Gasteiger partial charge in [-0.15, -0.1) is 0 Å². The van der Waals surface area contributed by atoms with Gasteiger partial charge in [0.15, 0.2) is 0 Å². The summed E-state index contributed by atoms with van der Waals surface area (Å²) in [5.74, 6) is -0.564. The Hall–Kier alpha value is -2.67. The van der Waals surface area contributed by atoms with Crippen molar-refractivity contribution >= 4 is 17.8 Å². The van der Waals surface area contributed by atoms with E-state index in [1.54, 1.807) is 19.9 Å². The molecule has 134 valence electrons. The lowest BCUT2D eigenvalue weighted by atomic mass is 10.1. The van der Waals surface area contributed by atoms with E-state index < -0.39 is 0 Å². The Kier molecular flexibility index (Phi) is 6.71. The topological polar surface area (TPSA) is 84.7 Å². The molecule has 1 atom stereocenters. The number of nitrogens with zero attached hydrogens (tertiary/aromatic N) is 2. The molecule has 0 bridgehead atoms. The first kappa shape index (κ1) is 18.7. The molecule has 0 saturated carbocycles. The molecule has 1 amide bonds. The summed E-state index contributed by atoms with van der Waals surface area (Å²) < 4.78 is 9.77. The summed E-state index contributed by atoms with van der Waals surface area (Å²) in [7, 11) is 1.36.